The molecule has 0 bridgehead atoms. The molecule has 1 saturated heterocycles. The first-order valence-corrected chi connectivity index (χ1v) is 6.09. The molecule has 7 nitrogen and oxygen atoms in total. The molecular weight excluding hydrogens is 240 g/mol. The van der Waals surface area contributed by atoms with E-state index in [4.69, 9.17) is 15.3 Å². The average Bonchev–Trinajstić information content (AvgIpc) is 2.38. The van der Waals surface area contributed by atoms with Gasteiger partial charge in [0.2, 0.25) is 0 Å². The number of aliphatic hydroxyl groups is 2. The van der Waals surface area contributed by atoms with Gasteiger partial charge in [-0.25, -0.2) is 9.59 Å². The summed E-state index contributed by atoms with van der Waals surface area (Å²) in [5.74, 6) is -1.17. The molecule has 18 heavy (non-hydrogen) atoms. The normalized spacial score (nSPS) is 21.4. The van der Waals surface area contributed by atoms with Crippen LogP contribution in [0.25, 0.3) is 0 Å². The maximum Gasteiger partial charge on any atom is 0.332 e. The quantitative estimate of drug-likeness (QED) is 0.519. The van der Waals surface area contributed by atoms with Crippen LogP contribution in [0.5, 0.6) is 0 Å². The SMILES string of the molecule is O=C(O)[C@@H](O)CCNC(=O)N1CCCC(CO)C1. The summed E-state index contributed by atoms with van der Waals surface area (Å²) in [6, 6.07) is -0.272. The Balaban J connectivity index is 2.26. The highest BCUT2D eigenvalue weighted by Gasteiger charge is 2.23. The van der Waals surface area contributed by atoms with Crippen molar-refractivity contribution in [3.63, 3.8) is 0 Å². The topological polar surface area (TPSA) is 110 Å². The van der Waals surface area contributed by atoms with Crippen molar-refractivity contribution in [2.24, 2.45) is 5.92 Å². The van der Waals surface area contributed by atoms with Crippen molar-refractivity contribution in [1.82, 2.24) is 10.2 Å². The monoisotopic (exact) mass is 260 g/mol. The number of amides is 2. The lowest BCUT2D eigenvalue weighted by molar-refractivity contribution is -0.146. The lowest BCUT2D eigenvalue weighted by Gasteiger charge is -2.31. The zero-order valence-electron chi connectivity index (χ0n) is 10.2. The number of rotatable bonds is 5. The van der Waals surface area contributed by atoms with Crippen molar-refractivity contribution < 1.29 is 24.9 Å². The van der Waals surface area contributed by atoms with E-state index >= 15 is 0 Å². The molecular formula is C11H20N2O5. The van der Waals surface area contributed by atoms with E-state index in [0.717, 1.165) is 12.8 Å². The first kappa shape index (κ1) is 14.7. The average molecular weight is 260 g/mol. The standard InChI is InChI=1S/C11H20N2O5/c14-7-8-2-1-5-13(6-8)11(18)12-4-3-9(15)10(16)17/h8-9,14-15H,1-7H2,(H,12,18)(H,16,17)/t8?,9-/m0/s1. The minimum absolute atomic E-state index is 0.0155. The van der Waals surface area contributed by atoms with Crippen LogP contribution >= 0.6 is 0 Å². The van der Waals surface area contributed by atoms with E-state index in [1.807, 2.05) is 0 Å². The Morgan fingerprint density at radius 1 is 1.44 bits per heavy atom. The van der Waals surface area contributed by atoms with Gasteiger partial charge in [-0.1, -0.05) is 0 Å². The molecule has 0 saturated carbocycles. The Labute approximate surface area is 105 Å². The summed E-state index contributed by atoms with van der Waals surface area (Å²) in [4.78, 5) is 23.7. The van der Waals surface area contributed by atoms with Crippen LogP contribution in [-0.2, 0) is 4.79 Å². The van der Waals surface area contributed by atoms with Crippen LogP contribution in [0.3, 0.4) is 0 Å². The second kappa shape index (κ2) is 7.17. The molecule has 0 aliphatic carbocycles. The third kappa shape index (κ3) is 4.50. The molecule has 1 heterocycles. The molecule has 0 aromatic carbocycles. The van der Waals surface area contributed by atoms with E-state index in [9.17, 15) is 9.59 Å². The van der Waals surface area contributed by atoms with Gasteiger partial charge < -0.3 is 25.5 Å². The Bertz CT molecular complexity index is 297. The fraction of sp³-hybridized carbons (Fsp3) is 0.818. The summed E-state index contributed by atoms with van der Waals surface area (Å²) in [6.45, 7) is 1.35. The van der Waals surface area contributed by atoms with E-state index in [0.29, 0.717) is 13.1 Å². The number of piperidine rings is 1. The zero-order chi connectivity index (χ0) is 13.5. The van der Waals surface area contributed by atoms with Crippen LogP contribution in [0.1, 0.15) is 19.3 Å². The van der Waals surface area contributed by atoms with Gasteiger partial charge in [-0.15, -0.1) is 0 Å². The fourth-order valence-electron chi connectivity index (χ4n) is 1.95. The van der Waals surface area contributed by atoms with Crippen LogP contribution in [0, 0.1) is 5.92 Å². The molecule has 1 aliphatic rings. The molecule has 1 rings (SSSR count). The van der Waals surface area contributed by atoms with Gasteiger partial charge in [0.15, 0.2) is 6.10 Å². The molecule has 7 heteroatoms. The molecule has 0 spiro atoms. The van der Waals surface area contributed by atoms with E-state index in [-0.39, 0.29) is 31.5 Å². The number of carboxylic acids is 1. The number of nitrogens with one attached hydrogen (secondary N) is 1. The number of hydrogen-bond acceptors (Lipinski definition) is 4. The summed E-state index contributed by atoms with van der Waals surface area (Å²) >= 11 is 0. The van der Waals surface area contributed by atoms with Crippen LogP contribution in [0.15, 0.2) is 0 Å². The zero-order valence-corrected chi connectivity index (χ0v) is 10.2. The molecule has 1 unspecified atom stereocenters. The fourth-order valence-corrected chi connectivity index (χ4v) is 1.95. The largest absolute Gasteiger partial charge is 0.479 e. The highest BCUT2D eigenvalue weighted by Crippen LogP contribution is 2.15. The Hall–Kier alpha value is -1.34. The molecule has 2 atom stereocenters. The molecule has 0 aromatic rings. The van der Waals surface area contributed by atoms with Gasteiger partial charge in [0.25, 0.3) is 0 Å². The van der Waals surface area contributed by atoms with Crippen LogP contribution in [0.4, 0.5) is 4.79 Å². The van der Waals surface area contributed by atoms with Crippen molar-refractivity contribution in [2.45, 2.75) is 25.4 Å². The molecule has 4 N–H and O–H groups in total. The Morgan fingerprint density at radius 2 is 2.17 bits per heavy atom. The number of urea groups is 1. The van der Waals surface area contributed by atoms with E-state index in [1.165, 1.54) is 0 Å². The second-order valence-electron chi connectivity index (χ2n) is 4.51. The Kier molecular flexibility index (Phi) is 5.87. The summed E-state index contributed by atoms with van der Waals surface area (Å²) < 4.78 is 0. The molecule has 104 valence electrons. The smallest absolute Gasteiger partial charge is 0.332 e. The summed E-state index contributed by atoms with van der Waals surface area (Å²) in [5, 5.41) is 29.1. The van der Waals surface area contributed by atoms with Crippen molar-refractivity contribution in [3.8, 4) is 0 Å². The number of carbonyl (C=O) groups excluding carboxylic acids is 1. The number of hydrogen-bond donors (Lipinski definition) is 4. The van der Waals surface area contributed by atoms with Gasteiger partial charge in [-0.3, -0.25) is 0 Å². The van der Waals surface area contributed by atoms with Crippen molar-refractivity contribution in [3.05, 3.63) is 0 Å². The molecule has 0 aromatic heterocycles. The predicted octanol–water partition coefficient (Wildman–Crippen LogP) is -0.764. The highest BCUT2D eigenvalue weighted by molar-refractivity contribution is 5.74. The molecule has 1 aliphatic heterocycles. The van der Waals surface area contributed by atoms with Crippen LogP contribution < -0.4 is 5.32 Å². The minimum atomic E-state index is -1.45. The summed E-state index contributed by atoms with van der Waals surface area (Å²) in [6.07, 6.45) is 0.309. The lowest BCUT2D eigenvalue weighted by Crippen LogP contribution is -2.46. The van der Waals surface area contributed by atoms with Crippen molar-refractivity contribution in [2.75, 3.05) is 26.2 Å². The van der Waals surface area contributed by atoms with Crippen LogP contribution in [0.2, 0.25) is 0 Å². The maximum atomic E-state index is 11.7. The first-order valence-electron chi connectivity index (χ1n) is 6.09. The number of likely N-dealkylation sites (tertiary alicyclic amines) is 1. The predicted molar refractivity (Wildman–Crippen MR) is 63.0 cm³/mol. The van der Waals surface area contributed by atoms with E-state index in [2.05, 4.69) is 5.32 Å². The third-order valence-electron chi connectivity index (χ3n) is 3.04. The molecule has 2 amide bonds. The number of nitrogens with zero attached hydrogens (tertiary/aromatic N) is 1. The second-order valence-corrected chi connectivity index (χ2v) is 4.51. The Morgan fingerprint density at radius 3 is 2.78 bits per heavy atom. The first-order chi connectivity index (χ1) is 8.54. The number of aliphatic carboxylic acids is 1. The number of aliphatic hydroxyl groups excluding tert-OH is 2. The maximum absolute atomic E-state index is 11.7. The van der Waals surface area contributed by atoms with Gasteiger partial charge in [-0.2, -0.15) is 0 Å². The van der Waals surface area contributed by atoms with Crippen molar-refractivity contribution >= 4 is 12.0 Å². The molecule has 1 fully saturated rings. The molecule has 0 radical (unpaired) electrons. The van der Waals surface area contributed by atoms with E-state index < -0.39 is 12.1 Å². The van der Waals surface area contributed by atoms with Gasteiger partial charge in [0, 0.05) is 32.7 Å². The lowest BCUT2D eigenvalue weighted by atomic mass is 9.99. The van der Waals surface area contributed by atoms with Gasteiger partial charge >= 0.3 is 12.0 Å². The summed E-state index contributed by atoms with van der Waals surface area (Å²) in [7, 11) is 0. The highest BCUT2D eigenvalue weighted by atomic mass is 16.4. The number of carboxylic acid groups (broad SMARTS) is 1. The van der Waals surface area contributed by atoms with Gasteiger partial charge in [0.05, 0.1) is 0 Å². The third-order valence-corrected chi connectivity index (χ3v) is 3.04. The minimum Gasteiger partial charge on any atom is -0.479 e. The summed E-state index contributed by atoms with van der Waals surface area (Å²) in [5.41, 5.74) is 0. The van der Waals surface area contributed by atoms with Crippen LogP contribution in [-0.4, -0.2) is 64.6 Å². The van der Waals surface area contributed by atoms with Crippen molar-refractivity contribution in [1.29, 1.82) is 0 Å². The van der Waals surface area contributed by atoms with Gasteiger partial charge in [-0.05, 0) is 18.8 Å². The van der Waals surface area contributed by atoms with E-state index in [1.54, 1.807) is 4.90 Å². The number of carbonyl (C=O) groups is 2. The van der Waals surface area contributed by atoms with Gasteiger partial charge in [0.1, 0.15) is 0 Å².